The fourth-order valence-electron chi connectivity index (χ4n) is 2.28. The molecular weight excluding hydrogens is 252 g/mol. The van der Waals surface area contributed by atoms with Crippen LogP contribution in [0.4, 0.5) is 0 Å². The number of guanidine groups is 1. The first-order valence-corrected chi connectivity index (χ1v) is 7.62. The van der Waals surface area contributed by atoms with E-state index in [1.807, 2.05) is 6.08 Å². The van der Waals surface area contributed by atoms with Crippen LogP contribution in [0.15, 0.2) is 17.6 Å². The van der Waals surface area contributed by atoms with E-state index in [-0.39, 0.29) is 6.10 Å². The predicted molar refractivity (Wildman–Crippen MR) is 85.2 cm³/mol. The zero-order valence-corrected chi connectivity index (χ0v) is 13.2. The van der Waals surface area contributed by atoms with Crippen LogP contribution in [0.3, 0.4) is 0 Å². The molecule has 1 rings (SSSR count). The molecule has 0 bridgehead atoms. The predicted octanol–water partition coefficient (Wildman–Crippen LogP) is 1.08. The average Bonchev–Trinajstić information content (AvgIpc) is 2.41. The third-order valence-corrected chi connectivity index (χ3v) is 3.06. The van der Waals surface area contributed by atoms with Crippen molar-refractivity contribution >= 4 is 5.96 Å². The third kappa shape index (κ3) is 6.91. The van der Waals surface area contributed by atoms with Gasteiger partial charge in [0.2, 0.25) is 0 Å². The van der Waals surface area contributed by atoms with E-state index in [4.69, 9.17) is 4.74 Å². The minimum atomic E-state index is 0.196. The van der Waals surface area contributed by atoms with Crippen molar-refractivity contribution in [3.63, 3.8) is 0 Å². The number of morpholine rings is 1. The zero-order chi connectivity index (χ0) is 14.8. The van der Waals surface area contributed by atoms with Gasteiger partial charge in [-0.3, -0.25) is 9.89 Å². The smallest absolute Gasteiger partial charge is 0.191 e. The first-order valence-electron chi connectivity index (χ1n) is 7.62. The summed E-state index contributed by atoms with van der Waals surface area (Å²) in [7, 11) is 0. The average molecular weight is 282 g/mol. The Bertz CT molecular complexity index is 304. The summed E-state index contributed by atoms with van der Waals surface area (Å²) in [6.45, 7) is 16.5. The molecule has 0 saturated carbocycles. The standard InChI is InChI=1S/C15H30N4O/c1-5-7-17-15(16-6-2)18-10-14-12-19(8-9-20-14)11-13(3)4/h5,13-14H,1,6-12H2,2-4H3,(H2,16,17,18). The van der Waals surface area contributed by atoms with Gasteiger partial charge in [0.05, 0.1) is 19.3 Å². The van der Waals surface area contributed by atoms with Gasteiger partial charge < -0.3 is 15.4 Å². The van der Waals surface area contributed by atoms with E-state index in [0.29, 0.717) is 12.5 Å². The van der Waals surface area contributed by atoms with Crippen LogP contribution in [0.5, 0.6) is 0 Å². The number of ether oxygens (including phenoxy) is 1. The summed E-state index contributed by atoms with van der Waals surface area (Å²) in [5.74, 6) is 1.53. The van der Waals surface area contributed by atoms with Gasteiger partial charge in [0, 0.05) is 32.7 Å². The Morgan fingerprint density at radius 3 is 2.95 bits per heavy atom. The molecule has 2 N–H and O–H groups in total. The summed E-state index contributed by atoms with van der Waals surface area (Å²) >= 11 is 0. The van der Waals surface area contributed by atoms with Crippen molar-refractivity contribution in [2.75, 3.05) is 45.9 Å². The lowest BCUT2D eigenvalue weighted by Crippen LogP contribution is -2.46. The van der Waals surface area contributed by atoms with Crippen LogP contribution in [0, 0.1) is 5.92 Å². The van der Waals surface area contributed by atoms with Gasteiger partial charge in [0.15, 0.2) is 5.96 Å². The maximum atomic E-state index is 5.80. The lowest BCUT2D eigenvalue weighted by atomic mass is 10.2. The lowest BCUT2D eigenvalue weighted by Gasteiger charge is -2.33. The molecule has 1 aliphatic rings. The minimum absolute atomic E-state index is 0.196. The van der Waals surface area contributed by atoms with Gasteiger partial charge in [-0.25, -0.2) is 0 Å². The fourth-order valence-corrected chi connectivity index (χ4v) is 2.28. The molecule has 0 aromatic carbocycles. The Kier molecular flexibility index (Phi) is 8.30. The van der Waals surface area contributed by atoms with Crippen molar-refractivity contribution in [2.45, 2.75) is 26.9 Å². The Morgan fingerprint density at radius 1 is 1.50 bits per heavy atom. The van der Waals surface area contributed by atoms with Gasteiger partial charge in [-0.2, -0.15) is 0 Å². The van der Waals surface area contributed by atoms with Crippen LogP contribution in [0.1, 0.15) is 20.8 Å². The molecule has 20 heavy (non-hydrogen) atoms. The number of rotatable bonds is 7. The molecule has 1 heterocycles. The molecule has 1 aliphatic heterocycles. The quantitative estimate of drug-likeness (QED) is 0.417. The van der Waals surface area contributed by atoms with Crippen LogP contribution in [0.25, 0.3) is 0 Å². The molecule has 0 radical (unpaired) electrons. The largest absolute Gasteiger partial charge is 0.374 e. The minimum Gasteiger partial charge on any atom is -0.374 e. The molecule has 0 spiro atoms. The number of aliphatic imine (C=N–C) groups is 1. The summed E-state index contributed by atoms with van der Waals surface area (Å²) in [6.07, 6.45) is 2.02. The van der Waals surface area contributed by atoms with Gasteiger partial charge >= 0.3 is 0 Å². The van der Waals surface area contributed by atoms with Gasteiger partial charge in [-0.1, -0.05) is 19.9 Å². The molecule has 1 saturated heterocycles. The molecular formula is C15H30N4O. The Labute approximate surface area is 123 Å². The van der Waals surface area contributed by atoms with Crippen LogP contribution in [-0.2, 0) is 4.74 Å². The van der Waals surface area contributed by atoms with E-state index < -0.39 is 0 Å². The van der Waals surface area contributed by atoms with E-state index in [0.717, 1.165) is 45.3 Å². The maximum absolute atomic E-state index is 5.80. The molecule has 1 unspecified atom stereocenters. The fraction of sp³-hybridized carbons (Fsp3) is 0.800. The van der Waals surface area contributed by atoms with E-state index in [1.54, 1.807) is 0 Å². The molecule has 1 fully saturated rings. The maximum Gasteiger partial charge on any atom is 0.191 e. The number of nitrogens with zero attached hydrogens (tertiary/aromatic N) is 2. The first-order chi connectivity index (χ1) is 9.65. The summed E-state index contributed by atoms with van der Waals surface area (Å²) in [6, 6.07) is 0. The topological polar surface area (TPSA) is 48.9 Å². The molecule has 0 aromatic rings. The molecule has 5 heteroatoms. The summed E-state index contributed by atoms with van der Waals surface area (Å²) in [5.41, 5.74) is 0. The zero-order valence-electron chi connectivity index (χ0n) is 13.2. The van der Waals surface area contributed by atoms with E-state index in [2.05, 4.69) is 47.9 Å². The van der Waals surface area contributed by atoms with Crippen molar-refractivity contribution in [1.82, 2.24) is 15.5 Å². The number of hydrogen-bond donors (Lipinski definition) is 2. The van der Waals surface area contributed by atoms with Gasteiger partial charge in [0.25, 0.3) is 0 Å². The summed E-state index contributed by atoms with van der Waals surface area (Å²) < 4.78 is 5.80. The van der Waals surface area contributed by atoms with E-state index >= 15 is 0 Å². The van der Waals surface area contributed by atoms with Crippen molar-refractivity contribution < 1.29 is 4.74 Å². The van der Waals surface area contributed by atoms with Gasteiger partial charge in [-0.15, -0.1) is 6.58 Å². The second-order valence-electron chi connectivity index (χ2n) is 5.54. The Balaban J connectivity index is 2.42. The highest BCUT2D eigenvalue weighted by Crippen LogP contribution is 2.08. The molecule has 0 aromatic heterocycles. The summed E-state index contributed by atoms with van der Waals surface area (Å²) in [4.78, 5) is 7.05. The third-order valence-electron chi connectivity index (χ3n) is 3.06. The lowest BCUT2D eigenvalue weighted by molar-refractivity contribution is -0.0261. The molecule has 116 valence electrons. The van der Waals surface area contributed by atoms with Gasteiger partial charge in [0.1, 0.15) is 0 Å². The Morgan fingerprint density at radius 2 is 2.30 bits per heavy atom. The number of nitrogens with one attached hydrogen (secondary N) is 2. The second kappa shape index (κ2) is 9.77. The molecule has 5 nitrogen and oxygen atoms in total. The van der Waals surface area contributed by atoms with Crippen molar-refractivity contribution in [2.24, 2.45) is 10.9 Å². The highest BCUT2D eigenvalue weighted by molar-refractivity contribution is 5.79. The van der Waals surface area contributed by atoms with Crippen LogP contribution >= 0.6 is 0 Å². The highest BCUT2D eigenvalue weighted by Gasteiger charge is 2.20. The molecule has 0 amide bonds. The Hall–Kier alpha value is -1.07. The first kappa shape index (κ1) is 17.0. The second-order valence-corrected chi connectivity index (χ2v) is 5.54. The van der Waals surface area contributed by atoms with Gasteiger partial charge in [-0.05, 0) is 12.8 Å². The van der Waals surface area contributed by atoms with Crippen LogP contribution in [0.2, 0.25) is 0 Å². The van der Waals surface area contributed by atoms with E-state index in [9.17, 15) is 0 Å². The number of hydrogen-bond acceptors (Lipinski definition) is 3. The summed E-state index contributed by atoms with van der Waals surface area (Å²) in [5, 5.41) is 6.43. The van der Waals surface area contributed by atoms with Crippen molar-refractivity contribution in [3.05, 3.63) is 12.7 Å². The molecule has 1 atom stereocenters. The van der Waals surface area contributed by atoms with Crippen molar-refractivity contribution in [1.29, 1.82) is 0 Å². The molecule has 0 aliphatic carbocycles. The van der Waals surface area contributed by atoms with E-state index in [1.165, 1.54) is 0 Å². The normalized spacial score (nSPS) is 21.0. The van der Waals surface area contributed by atoms with Crippen LogP contribution < -0.4 is 10.6 Å². The monoisotopic (exact) mass is 282 g/mol. The van der Waals surface area contributed by atoms with Crippen molar-refractivity contribution in [3.8, 4) is 0 Å². The van der Waals surface area contributed by atoms with Crippen LogP contribution in [-0.4, -0.2) is 62.8 Å². The SMILES string of the molecule is C=CCNC(=NCC1CN(CC(C)C)CCO1)NCC. The highest BCUT2D eigenvalue weighted by atomic mass is 16.5.